The molecule has 0 amide bonds. The number of phenolic OH excluding ortho intramolecular Hbond substituents is 1. The highest BCUT2D eigenvalue weighted by atomic mass is 16.5. The summed E-state index contributed by atoms with van der Waals surface area (Å²) >= 11 is 0. The maximum Gasteiger partial charge on any atom is 0.141 e. The highest BCUT2D eigenvalue weighted by Gasteiger charge is 2.14. The van der Waals surface area contributed by atoms with Crippen LogP contribution in [0.3, 0.4) is 0 Å². The van der Waals surface area contributed by atoms with E-state index in [1.54, 1.807) is 0 Å². The van der Waals surface area contributed by atoms with E-state index in [1.165, 1.54) is 18.2 Å². The fraction of sp³-hybridized carbons (Fsp3) is 0.364. The molecule has 0 saturated heterocycles. The summed E-state index contributed by atoms with van der Waals surface area (Å²) in [7, 11) is 0. The maximum atomic E-state index is 9.24. The van der Waals surface area contributed by atoms with Crippen LogP contribution in [0.15, 0.2) is 18.2 Å². The highest BCUT2D eigenvalue weighted by Crippen LogP contribution is 2.26. The molecule has 1 aromatic carbocycles. The van der Waals surface area contributed by atoms with Crippen LogP contribution < -0.4 is 4.74 Å². The van der Waals surface area contributed by atoms with Crippen LogP contribution in [0.5, 0.6) is 11.5 Å². The molecular weight excluding hydrogens is 178 g/mol. The van der Waals surface area contributed by atoms with Crippen molar-refractivity contribution in [3.8, 4) is 17.6 Å². The first kappa shape index (κ1) is 10.4. The summed E-state index contributed by atoms with van der Waals surface area (Å²) in [5.41, 5.74) is 0.0528. The minimum Gasteiger partial charge on any atom is -0.508 e. The molecule has 3 nitrogen and oxygen atoms in total. The number of aromatic hydroxyl groups is 1. The summed E-state index contributed by atoms with van der Waals surface area (Å²) in [6, 6.07) is 6.46. The topological polar surface area (TPSA) is 53.2 Å². The predicted molar refractivity (Wildman–Crippen MR) is 53.2 cm³/mol. The molecule has 0 heterocycles. The van der Waals surface area contributed by atoms with Gasteiger partial charge in [0, 0.05) is 6.07 Å². The Kier molecular flexibility index (Phi) is 2.66. The first-order chi connectivity index (χ1) is 6.42. The zero-order valence-corrected chi connectivity index (χ0v) is 8.53. The van der Waals surface area contributed by atoms with Gasteiger partial charge in [-0.3, -0.25) is 0 Å². The Morgan fingerprint density at radius 3 is 2.50 bits per heavy atom. The third-order valence-electron chi connectivity index (χ3n) is 1.50. The van der Waals surface area contributed by atoms with Crippen LogP contribution in [0.1, 0.15) is 26.3 Å². The second kappa shape index (κ2) is 3.59. The lowest BCUT2D eigenvalue weighted by Crippen LogP contribution is -2.23. The molecule has 1 aromatic rings. The average Bonchev–Trinajstić information content (AvgIpc) is 2.01. The smallest absolute Gasteiger partial charge is 0.141 e. The molecule has 3 heteroatoms. The number of ether oxygens (including phenoxy) is 1. The largest absolute Gasteiger partial charge is 0.508 e. The molecule has 0 unspecified atom stereocenters. The molecule has 1 rings (SSSR count). The van der Waals surface area contributed by atoms with Crippen molar-refractivity contribution >= 4 is 0 Å². The Hall–Kier alpha value is -1.69. The van der Waals surface area contributed by atoms with Gasteiger partial charge in [0.05, 0.1) is 5.56 Å². The van der Waals surface area contributed by atoms with Crippen molar-refractivity contribution in [3.05, 3.63) is 23.8 Å². The monoisotopic (exact) mass is 191 g/mol. The number of phenols is 1. The van der Waals surface area contributed by atoms with Gasteiger partial charge in [-0.2, -0.15) is 5.26 Å². The number of nitrogens with zero attached hydrogens (tertiary/aromatic N) is 1. The average molecular weight is 191 g/mol. The third-order valence-corrected chi connectivity index (χ3v) is 1.50. The summed E-state index contributed by atoms with van der Waals surface area (Å²) in [5.74, 6) is 0.517. The highest BCUT2D eigenvalue weighted by molar-refractivity contribution is 5.47. The lowest BCUT2D eigenvalue weighted by molar-refractivity contribution is 0.130. The molecule has 74 valence electrons. The second-order valence-electron chi connectivity index (χ2n) is 4.01. The number of hydrogen-bond acceptors (Lipinski definition) is 3. The number of rotatable bonds is 1. The first-order valence-electron chi connectivity index (χ1n) is 4.34. The predicted octanol–water partition coefficient (Wildman–Crippen LogP) is 2.44. The van der Waals surface area contributed by atoms with Gasteiger partial charge in [-0.25, -0.2) is 0 Å². The van der Waals surface area contributed by atoms with Gasteiger partial charge in [0.1, 0.15) is 23.2 Å². The lowest BCUT2D eigenvalue weighted by Gasteiger charge is -2.21. The Morgan fingerprint density at radius 1 is 1.36 bits per heavy atom. The molecule has 0 bridgehead atoms. The fourth-order valence-corrected chi connectivity index (χ4v) is 1.02. The van der Waals surface area contributed by atoms with E-state index in [-0.39, 0.29) is 11.4 Å². The van der Waals surface area contributed by atoms with Crippen molar-refractivity contribution in [3.63, 3.8) is 0 Å². The molecule has 0 atom stereocenters. The zero-order chi connectivity index (χ0) is 10.8. The summed E-state index contributed by atoms with van der Waals surface area (Å²) < 4.78 is 5.52. The van der Waals surface area contributed by atoms with Gasteiger partial charge < -0.3 is 9.84 Å². The van der Waals surface area contributed by atoms with Crippen molar-refractivity contribution in [1.29, 1.82) is 5.26 Å². The SMILES string of the molecule is CC(C)(C)Oc1cc(O)ccc1C#N. The Balaban J connectivity index is 3.07. The van der Waals surface area contributed by atoms with Crippen LogP contribution in [-0.2, 0) is 0 Å². The van der Waals surface area contributed by atoms with Crippen LogP contribution >= 0.6 is 0 Å². The van der Waals surface area contributed by atoms with Crippen molar-refractivity contribution in [2.75, 3.05) is 0 Å². The minimum absolute atomic E-state index is 0.100. The summed E-state index contributed by atoms with van der Waals surface area (Å²) in [6.07, 6.45) is 0. The quantitative estimate of drug-likeness (QED) is 0.741. The molecule has 0 spiro atoms. The van der Waals surface area contributed by atoms with E-state index in [0.29, 0.717) is 11.3 Å². The van der Waals surface area contributed by atoms with E-state index in [2.05, 4.69) is 0 Å². The third kappa shape index (κ3) is 2.67. The summed E-state index contributed by atoms with van der Waals surface area (Å²) in [4.78, 5) is 0. The second-order valence-corrected chi connectivity index (χ2v) is 4.01. The zero-order valence-electron chi connectivity index (χ0n) is 8.53. The molecule has 0 fully saturated rings. The molecule has 0 aliphatic heterocycles. The van der Waals surface area contributed by atoms with Crippen LogP contribution in [0.4, 0.5) is 0 Å². The van der Waals surface area contributed by atoms with E-state index in [0.717, 1.165) is 0 Å². The van der Waals surface area contributed by atoms with E-state index < -0.39 is 0 Å². The van der Waals surface area contributed by atoms with Gasteiger partial charge in [-0.1, -0.05) is 0 Å². The van der Waals surface area contributed by atoms with E-state index in [9.17, 15) is 5.11 Å². The maximum absolute atomic E-state index is 9.24. The van der Waals surface area contributed by atoms with Gasteiger partial charge in [-0.05, 0) is 32.9 Å². The van der Waals surface area contributed by atoms with Crippen molar-refractivity contribution in [2.24, 2.45) is 0 Å². The standard InChI is InChI=1S/C11H13NO2/c1-11(2,3)14-10-6-9(13)5-4-8(10)7-12/h4-6,13H,1-3H3. The van der Waals surface area contributed by atoms with E-state index in [4.69, 9.17) is 10.00 Å². The van der Waals surface area contributed by atoms with Crippen molar-refractivity contribution in [2.45, 2.75) is 26.4 Å². The number of hydrogen-bond donors (Lipinski definition) is 1. The van der Waals surface area contributed by atoms with Crippen LogP contribution in [-0.4, -0.2) is 10.7 Å². The minimum atomic E-state index is -0.376. The molecule has 0 aliphatic rings. The van der Waals surface area contributed by atoms with Crippen molar-refractivity contribution < 1.29 is 9.84 Å². The van der Waals surface area contributed by atoms with Gasteiger partial charge in [0.25, 0.3) is 0 Å². The fourth-order valence-electron chi connectivity index (χ4n) is 1.02. The van der Waals surface area contributed by atoms with Gasteiger partial charge in [-0.15, -0.1) is 0 Å². The van der Waals surface area contributed by atoms with Crippen LogP contribution in [0.2, 0.25) is 0 Å². The molecule has 0 saturated carbocycles. The number of nitriles is 1. The molecule has 0 aliphatic carbocycles. The Bertz CT molecular complexity index is 372. The molecule has 14 heavy (non-hydrogen) atoms. The van der Waals surface area contributed by atoms with Crippen LogP contribution in [0, 0.1) is 11.3 Å². The van der Waals surface area contributed by atoms with Gasteiger partial charge in [0.2, 0.25) is 0 Å². The first-order valence-corrected chi connectivity index (χ1v) is 4.34. The van der Waals surface area contributed by atoms with Gasteiger partial charge >= 0.3 is 0 Å². The molecule has 0 aromatic heterocycles. The summed E-state index contributed by atoms with van der Waals surface area (Å²) in [6.45, 7) is 5.66. The molecule has 1 N–H and O–H groups in total. The van der Waals surface area contributed by atoms with Crippen LogP contribution in [0.25, 0.3) is 0 Å². The van der Waals surface area contributed by atoms with Gasteiger partial charge in [0.15, 0.2) is 0 Å². The van der Waals surface area contributed by atoms with E-state index >= 15 is 0 Å². The number of benzene rings is 1. The molecule has 0 radical (unpaired) electrons. The Morgan fingerprint density at radius 2 is 2.00 bits per heavy atom. The van der Waals surface area contributed by atoms with E-state index in [1.807, 2.05) is 26.8 Å². The lowest BCUT2D eigenvalue weighted by atomic mass is 10.1. The Labute approximate surface area is 83.6 Å². The normalized spacial score (nSPS) is 10.7. The van der Waals surface area contributed by atoms with Crippen molar-refractivity contribution in [1.82, 2.24) is 0 Å². The summed E-state index contributed by atoms with van der Waals surface area (Å²) in [5, 5.41) is 18.0. The molecular formula is C11H13NO2.